The highest BCUT2D eigenvalue weighted by Gasteiger charge is 2.31. The summed E-state index contributed by atoms with van der Waals surface area (Å²) in [6.45, 7) is 3.86. The largest absolute Gasteiger partial charge is 0.416 e. The lowest BCUT2D eigenvalue weighted by molar-refractivity contribution is -0.137. The van der Waals surface area contributed by atoms with E-state index in [1.165, 1.54) is 6.42 Å². The lowest BCUT2D eigenvalue weighted by Gasteiger charge is -2.28. The van der Waals surface area contributed by atoms with Crippen molar-refractivity contribution < 1.29 is 21.6 Å². The number of hydrogen-bond donors (Lipinski definition) is 2. The van der Waals surface area contributed by atoms with Gasteiger partial charge in [-0.3, -0.25) is 0 Å². The Kier molecular flexibility index (Phi) is 6.81. The van der Waals surface area contributed by atoms with E-state index in [9.17, 15) is 21.6 Å². The molecular formula is C19H24F3N5O2S. The van der Waals surface area contributed by atoms with E-state index in [0.29, 0.717) is 17.7 Å². The standard InChI is InChI=1S/C19H24F3N5O2S/c1-14-25-17(13-18(26-14)27-10-3-2-4-11-27)23-8-9-24-30(28,29)16-7-5-6-15(12-16)19(20,21)22/h5-7,12-13,24H,2-4,8-11H2,1H3,(H,23,25,26). The zero-order valence-corrected chi connectivity index (χ0v) is 17.4. The van der Waals surface area contributed by atoms with E-state index in [0.717, 1.165) is 49.9 Å². The average molecular weight is 443 g/mol. The van der Waals surface area contributed by atoms with Gasteiger partial charge in [0.15, 0.2) is 0 Å². The van der Waals surface area contributed by atoms with Gasteiger partial charge in [0, 0.05) is 32.2 Å². The zero-order valence-electron chi connectivity index (χ0n) is 16.5. The van der Waals surface area contributed by atoms with Crippen LogP contribution in [-0.2, 0) is 16.2 Å². The molecule has 0 unspecified atom stereocenters. The number of aryl methyl sites for hydroxylation is 1. The Morgan fingerprint density at radius 1 is 1.07 bits per heavy atom. The summed E-state index contributed by atoms with van der Waals surface area (Å²) in [4.78, 5) is 10.5. The molecule has 1 aromatic heterocycles. The molecule has 0 saturated carbocycles. The number of hydrogen-bond acceptors (Lipinski definition) is 6. The van der Waals surface area contributed by atoms with Crippen LogP contribution in [0, 0.1) is 6.92 Å². The molecule has 3 rings (SSSR count). The van der Waals surface area contributed by atoms with E-state index in [1.54, 1.807) is 6.92 Å². The number of piperidine rings is 1. The fourth-order valence-electron chi connectivity index (χ4n) is 3.23. The van der Waals surface area contributed by atoms with Gasteiger partial charge in [-0.15, -0.1) is 0 Å². The number of aromatic nitrogens is 2. The molecule has 1 aromatic carbocycles. The Hall–Kier alpha value is -2.40. The Balaban J connectivity index is 1.59. The maximum Gasteiger partial charge on any atom is 0.416 e. The van der Waals surface area contributed by atoms with Gasteiger partial charge in [-0.2, -0.15) is 13.2 Å². The smallest absolute Gasteiger partial charge is 0.369 e. The van der Waals surface area contributed by atoms with Gasteiger partial charge in [-0.25, -0.2) is 23.1 Å². The first-order valence-electron chi connectivity index (χ1n) is 9.66. The van der Waals surface area contributed by atoms with Crippen LogP contribution in [0.25, 0.3) is 0 Å². The molecule has 1 aliphatic heterocycles. The number of halogens is 3. The maximum atomic E-state index is 12.8. The van der Waals surface area contributed by atoms with Crippen molar-refractivity contribution in [2.24, 2.45) is 0 Å². The van der Waals surface area contributed by atoms with Crippen LogP contribution in [0.5, 0.6) is 0 Å². The van der Waals surface area contributed by atoms with Crippen molar-refractivity contribution in [3.05, 3.63) is 41.7 Å². The quantitative estimate of drug-likeness (QED) is 0.639. The minimum atomic E-state index is -4.61. The maximum absolute atomic E-state index is 12.8. The second kappa shape index (κ2) is 9.17. The molecule has 0 radical (unpaired) electrons. The number of nitrogens with zero attached hydrogens (tertiary/aromatic N) is 3. The predicted octanol–water partition coefficient (Wildman–Crippen LogP) is 3.18. The first-order valence-corrected chi connectivity index (χ1v) is 11.1. The van der Waals surface area contributed by atoms with Crippen LogP contribution in [0.15, 0.2) is 35.2 Å². The summed E-state index contributed by atoms with van der Waals surface area (Å²) >= 11 is 0. The minimum Gasteiger partial charge on any atom is -0.369 e. The van der Waals surface area contributed by atoms with E-state index in [1.807, 2.05) is 6.07 Å². The Morgan fingerprint density at radius 3 is 2.50 bits per heavy atom. The van der Waals surface area contributed by atoms with Gasteiger partial charge in [0.25, 0.3) is 0 Å². The van der Waals surface area contributed by atoms with Crippen molar-refractivity contribution in [3.8, 4) is 0 Å². The van der Waals surface area contributed by atoms with Crippen LogP contribution in [0.3, 0.4) is 0 Å². The summed E-state index contributed by atoms with van der Waals surface area (Å²) in [6, 6.07) is 5.47. The zero-order chi connectivity index (χ0) is 21.8. The predicted molar refractivity (Wildman–Crippen MR) is 108 cm³/mol. The molecule has 1 fully saturated rings. The normalized spacial score (nSPS) is 15.3. The Labute approximate surface area is 173 Å². The lowest BCUT2D eigenvalue weighted by Crippen LogP contribution is -2.31. The van der Waals surface area contributed by atoms with Gasteiger partial charge in [0.1, 0.15) is 17.5 Å². The molecule has 0 spiro atoms. The highest BCUT2D eigenvalue weighted by molar-refractivity contribution is 7.89. The van der Waals surface area contributed by atoms with E-state index in [4.69, 9.17) is 0 Å². The third-order valence-electron chi connectivity index (χ3n) is 4.70. The van der Waals surface area contributed by atoms with Gasteiger partial charge in [-0.05, 0) is 44.4 Å². The summed E-state index contributed by atoms with van der Waals surface area (Å²) in [5.41, 5.74) is -1.01. The first kappa shape index (κ1) is 22.3. The van der Waals surface area contributed by atoms with Crippen LogP contribution in [0.1, 0.15) is 30.7 Å². The van der Waals surface area contributed by atoms with Gasteiger partial charge >= 0.3 is 6.18 Å². The van der Waals surface area contributed by atoms with Crippen molar-refractivity contribution in [1.29, 1.82) is 0 Å². The fraction of sp³-hybridized carbons (Fsp3) is 0.474. The molecule has 0 amide bonds. The second-order valence-corrected chi connectivity index (χ2v) is 8.82. The van der Waals surface area contributed by atoms with Gasteiger partial charge in [-0.1, -0.05) is 6.07 Å². The SMILES string of the molecule is Cc1nc(NCCNS(=O)(=O)c2cccc(C(F)(F)F)c2)cc(N2CCCCC2)n1. The molecule has 30 heavy (non-hydrogen) atoms. The van der Waals surface area contributed by atoms with Crippen molar-refractivity contribution in [1.82, 2.24) is 14.7 Å². The molecule has 0 bridgehead atoms. The molecule has 7 nitrogen and oxygen atoms in total. The van der Waals surface area contributed by atoms with Crippen LogP contribution in [0.4, 0.5) is 24.8 Å². The lowest BCUT2D eigenvalue weighted by atomic mass is 10.1. The van der Waals surface area contributed by atoms with Crippen molar-refractivity contribution in [2.45, 2.75) is 37.3 Å². The number of anilines is 2. The van der Waals surface area contributed by atoms with E-state index < -0.39 is 26.7 Å². The van der Waals surface area contributed by atoms with Gasteiger partial charge in [0.05, 0.1) is 10.5 Å². The number of nitrogens with one attached hydrogen (secondary N) is 2. The first-order chi connectivity index (χ1) is 14.1. The van der Waals surface area contributed by atoms with E-state index in [-0.39, 0.29) is 13.1 Å². The highest BCUT2D eigenvalue weighted by atomic mass is 32.2. The number of benzene rings is 1. The topological polar surface area (TPSA) is 87.2 Å². The average Bonchev–Trinajstić information content (AvgIpc) is 2.71. The van der Waals surface area contributed by atoms with Crippen LogP contribution < -0.4 is 14.9 Å². The Bertz CT molecular complexity index is 976. The van der Waals surface area contributed by atoms with Crippen molar-refractivity contribution in [2.75, 3.05) is 36.4 Å². The highest BCUT2D eigenvalue weighted by Crippen LogP contribution is 2.30. The molecule has 2 aromatic rings. The summed E-state index contributed by atoms with van der Waals surface area (Å²) < 4.78 is 65.3. The monoisotopic (exact) mass is 443 g/mol. The molecule has 164 valence electrons. The van der Waals surface area contributed by atoms with Crippen LogP contribution in [0.2, 0.25) is 0 Å². The second-order valence-electron chi connectivity index (χ2n) is 7.06. The molecular weight excluding hydrogens is 419 g/mol. The minimum absolute atomic E-state index is 0.0132. The fourth-order valence-corrected chi connectivity index (χ4v) is 4.30. The van der Waals surface area contributed by atoms with Gasteiger partial charge < -0.3 is 10.2 Å². The molecule has 2 N–H and O–H groups in total. The third-order valence-corrected chi connectivity index (χ3v) is 6.16. The number of rotatable bonds is 7. The Morgan fingerprint density at radius 2 is 1.80 bits per heavy atom. The van der Waals surface area contributed by atoms with Crippen LogP contribution >= 0.6 is 0 Å². The number of sulfonamides is 1. The van der Waals surface area contributed by atoms with E-state index in [2.05, 4.69) is 24.9 Å². The van der Waals surface area contributed by atoms with Crippen LogP contribution in [-0.4, -0.2) is 44.6 Å². The summed E-state index contributed by atoms with van der Waals surface area (Å²) in [6.07, 6.45) is -1.17. The molecule has 1 aliphatic rings. The van der Waals surface area contributed by atoms with Crippen molar-refractivity contribution >= 4 is 21.7 Å². The summed E-state index contributed by atoms with van der Waals surface area (Å²) in [5, 5.41) is 3.04. The van der Waals surface area contributed by atoms with Crippen molar-refractivity contribution in [3.63, 3.8) is 0 Å². The third kappa shape index (κ3) is 5.82. The van der Waals surface area contributed by atoms with E-state index >= 15 is 0 Å². The molecule has 0 atom stereocenters. The molecule has 11 heteroatoms. The molecule has 0 aliphatic carbocycles. The number of alkyl halides is 3. The molecule has 1 saturated heterocycles. The van der Waals surface area contributed by atoms with Gasteiger partial charge in [0.2, 0.25) is 10.0 Å². The molecule has 2 heterocycles. The summed E-state index contributed by atoms with van der Waals surface area (Å²) in [5.74, 6) is 2.00. The summed E-state index contributed by atoms with van der Waals surface area (Å²) in [7, 11) is -4.06.